The maximum Gasteiger partial charge on any atom is 0.191 e. The van der Waals surface area contributed by atoms with Gasteiger partial charge in [0.25, 0.3) is 0 Å². The molecule has 0 radical (unpaired) electrons. The lowest BCUT2D eigenvalue weighted by Crippen LogP contribution is -2.23. The topological polar surface area (TPSA) is 55.0 Å². The Morgan fingerprint density at radius 3 is 2.89 bits per heavy atom. The average Bonchev–Trinajstić information content (AvgIpc) is 2.88. The maximum atomic E-state index is 5.81. The number of rotatable bonds is 5. The van der Waals surface area contributed by atoms with E-state index < -0.39 is 0 Å². The van der Waals surface area contributed by atoms with Gasteiger partial charge in [-0.05, 0) is 24.6 Å². The molecule has 0 saturated heterocycles. The van der Waals surface area contributed by atoms with Crippen molar-refractivity contribution in [2.75, 3.05) is 23.4 Å². The van der Waals surface area contributed by atoms with Crippen molar-refractivity contribution in [1.82, 2.24) is 9.97 Å². The Morgan fingerprint density at radius 2 is 2.28 bits per heavy atom. The molecule has 0 saturated carbocycles. The largest absolute Gasteiger partial charge is 0.383 e. The van der Waals surface area contributed by atoms with Crippen LogP contribution in [0, 0.1) is 0 Å². The van der Waals surface area contributed by atoms with E-state index in [0.29, 0.717) is 5.82 Å². The Balaban J connectivity index is 2.24. The Kier molecular flexibility index (Phi) is 4.43. The number of thiophene rings is 1. The lowest BCUT2D eigenvalue weighted by molar-refractivity contribution is 0.802. The standard InChI is InChI=1S/C12H16N4S2/c1-3-16(8-9-5-4-6-18-9)11-7-10(13)14-12(15-11)17-2/h4-7H,3,8H2,1-2H3,(H2,13,14,15). The van der Waals surface area contributed by atoms with E-state index in [1.807, 2.05) is 12.3 Å². The van der Waals surface area contributed by atoms with E-state index in [0.717, 1.165) is 24.1 Å². The molecule has 0 aliphatic rings. The molecule has 2 aromatic heterocycles. The molecule has 0 atom stereocenters. The summed E-state index contributed by atoms with van der Waals surface area (Å²) >= 11 is 3.26. The van der Waals surface area contributed by atoms with Crippen molar-refractivity contribution in [1.29, 1.82) is 0 Å². The van der Waals surface area contributed by atoms with Gasteiger partial charge in [0.15, 0.2) is 5.16 Å². The van der Waals surface area contributed by atoms with Crippen molar-refractivity contribution < 1.29 is 0 Å². The first kappa shape index (κ1) is 13.2. The average molecular weight is 280 g/mol. The molecule has 0 bridgehead atoms. The first-order valence-electron chi connectivity index (χ1n) is 5.68. The highest BCUT2D eigenvalue weighted by molar-refractivity contribution is 7.98. The SMILES string of the molecule is CCN(Cc1cccs1)c1cc(N)nc(SC)n1. The monoisotopic (exact) mass is 280 g/mol. The zero-order chi connectivity index (χ0) is 13.0. The van der Waals surface area contributed by atoms with Gasteiger partial charge >= 0.3 is 0 Å². The van der Waals surface area contributed by atoms with Gasteiger partial charge in [-0.1, -0.05) is 17.8 Å². The third-order valence-electron chi connectivity index (χ3n) is 2.53. The zero-order valence-corrected chi connectivity index (χ0v) is 12.1. The summed E-state index contributed by atoms with van der Waals surface area (Å²) in [5.74, 6) is 1.41. The summed E-state index contributed by atoms with van der Waals surface area (Å²) in [6, 6.07) is 6.03. The van der Waals surface area contributed by atoms with Crippen LogP contribution in [-0.4, -0.2) is 22.8 Å². The molecule has 2 heterocycles. The molecule has 96 valence electrons. The number of nitrogens with zero attached hydrogens (tertiary/aromatic N) is 3. The third-order valence-corrected chi connectivity index (χ3v) is 3.94. The summed E-state index contributed by atoms with van der Waals surface area (Å²) in [6.45, 7) is 3.87. The molecule has 0 aromatic carbocycles. The molecule has 0 aliphatic carbocycles. The van der Waals surface area contributed by atoms with E-state index in [9.17, 15) is 0 Å². The summed E-state index contributed by atoms with van der Waals surface area (Å²) in [5, 5.41) is 2.81. The zero-order valence-electron chi connectivity index (χ0n) is 10.5. The minimum absolute atomic E-state index is 0.522. The smallest absolute Gasteiger partial charge is 0.191 e. The Hall–Kier alpha value is -1.27. The highest BCUT2D eigenvalue weighted by Crippen LogP contribution is 2.21. The molecule has 0 amide bonds. The van der Waals surface area contributed by atoms with Gasteiger partial charge in [-0.3, -0.25) is 0 Å². The van der Waals surface area contributed by atoms with Crippen molar-refractivity contribution in [3.8, 4) is 0 Å². The summed E-state index contributed by atoms with van der Waals surface area (Å²) in [4.78, 5) is 12.2. The van der Waals surface area contributed by atoms with Crippen molar-refractivity contribution >= 4 is 34.7 Å². The fraction of sp³-hybridized carbons (Fsp3) is 0.333. The molecule has 2 aromatic rings. The molecule has 0 spiro atoms. The quantitative estimate of drug-likeness (QED) is 0.674. The second-order valence-corrected chi connectivity index (χ2v) is 5.54. The third kappa shape index (κ3) is 3.14. The number of nitrogens with two attached hydrogens (primary N) is 1. The number of anilines is 2. The van der Waals surface area contributed by atoms with E-state index in [1.54, 1.807) is 11.3 Å². The Labute approximate surface area is 115 Å². The summed E-state index contributed by atoms with van der Waals surface area (Å²) in [7, 11) is 0. The van der Waals surface area contributed by atoms with Crippen LogP contribution in [0.5, 0.6) is 0 Å². The molecule has 0 fully saturated rings. The van der Waals surface area contributed by atoms with E-state index in [2.05, 4.69) is 39.3 Å². The predicted octanol–water partition coefficient (Wildman–Crippen LogP) is 2.87. The van der Waals surface area contributed by atoms with Gasteiger partial charge in [0.05, 0.1) is 6.54 Å². The second kappa shape index (κ2) is 6.06. The van der Waals surface area contributed by atoms with Crippen LogP contribution in [0.25, 0.3) is 0 Å². The fourth-order valence-electron chi connectivity index (χ4n) is 1.63. The van der Waals surface area contributed by atoms with Crippen molar-refractivity contribution in [2.24, 2.45) is 0 Å². The number of nitrogen functional groups attached to an aromatic ring is 1. The van der Waals surface area contributed by atoms with E-state index in [-0.39, 0.29) is 0 Å². The van der Waals surface area contributed by atoms with Crippen molar-refractivity contribution in [2.45, 2.75) is 18.6 Å². The van der Waals surface area contributed by atoms with E-state index >= 15 is 0 Å². The molecular formula is C12H16N4S2. The van der Waals surface area contributed by atoms with Gasteiger partial charge < -0.3 is 10.6 Å². The molecule has 2 N–H and O–H groups in total. The first-order chi connectivity index (χ1) is 8.72. The van der Waals surface area contributed by atoms with Gasteiger partial charge in [0, 0.05) is 17.5 Å². The number of aromatic nitrogens is 2. The van der Waals surface area contributed by atoms with E-state index in [1.165, 1.54) is 16.6 Å². The Bertz CT molecular complexity index is 499. The van der Waals surface area contributed by atoms with Gasteiger partial charge in [-0.2, -0.15) is 0 Å². The van der Waals surface area contributed by atoms with Crippen LogP contribution in [-0.2, 0) is 6.54 Å². The van der Waals surface area contributed by atoms with Gasteiger partial charge in [0.1, 0.15) is 11.6 Å². The first-order valence-corrected chi connectivity index (χ1v) is 7.79. The number of hydrogen-bond donors (Lipinski definition) is 1. The molecule has 4 nitrogen and oxygen atoms in total. The molecule has 18 heavy (non-hydrogen) atoms. The molecular weight excluding hydrogens is 264 g/mol. The Morgan fingerprint density at radius 1 is 1.44 bits per heavy atom. The predicted molar refractivity (Wildman–Crippen MR) is 79.3 cm³/mol. The minimum atomic E-state index is 0.522. The van der Waals surface area contributed by atoms with Crippen LogP contribution in [0.1, 0.15) is 11.8 Å². The molecule has 6 heteroatoms. The van der Waals surface area contributed by atoms with Crippen LogP contribution in [0.2, 0.25) is 0 Å². The molecule has 0 aliphatic heterocycles. The summed E-state index contributed by atoms with van der Waals surface area (Å²) in [5.41, 5.74) is 5.81. The summed E-state index contributed by atoms with van der Waals surface area (Å²) in [6.07, 6.45) is 1.95. The normalized spacial score (nSPS) is 10.6. The lowest BCUT2D eigenvalue weighted by Gasteiger charge is -2.21. The van der Waals surface area contributed by atoms with Gasteiger partial charge in [-0.25, -0.2) is 9.97 Å². The van der Waals surface area contributed by atoms with Gasteiger partial charge in [0.2, 0.25) is 0 Å². The van der Waals surface area contributed by atoms with Crippen molar-refractivity contribution in [3.63, 3.8) is 0 Å². The fourth-order valence-corrected chi connectivity index (χ4v) is 2.73. The highest BCUT2D eigenvalue weighted by Gasteiger charge is 2.10. The second-order valence-electron chi connectivity index (χ2n) is 3.73. The molecule has 2 rings (SSSR count). The van der Waals surface area contributed by atoms with Crippen LogP contribution >= 0.6 is 23.1 Å². The minimum Gasteiger partial charge on any atom is -0.383 e. The van der Waals surface area contributed by atoms with Gasteiger partial charge in [-0.15, -0.1) is 11.3 Å². The number of thioether (sulfide) groups is 1. The van der Waals surface area contributed by atoms with Crippen molar-refractivity contribution in [3.05, 3.63) is 28.5 Å². The lowest BCUT2D eigenvalue weighted by atomic mass is 10.4. The molecule has 0 unspecified atom stereocenters. The van der Waals surface area contributed by atoms with Crippen LogP contribution in [0.15, 0.2) is 28.7 Å². The summed E-state index contributed by atoms with van der Waals surface area (Å²) < 4.78 is 0. The van der Waals surface area contributed by atoms with E-state index in [4.69, 9.17) is 5.73 Å². The maximum absolute atomic E-state index is 5.81. The van der Waals surface area contributed by atoms with Crippen LogP contribution in [0.3, 0.4) is 0 Å². The van der Waals surface area contributed by atoms with Crippen LogP contribution < -0.4 is 10.6 Å². The highest BCUT2D eigenvalue weighted by atomic mass is 32.2. The number of hydrogen-bond acceptors (Lipinski definition) is 6. The van der Waals surface area contributed by atoms with Crippen LogP contribution in [0.4, 0.5) is 11.6 Å².